The molecule has 0 spiro atoms. The molecule has 4 amide bonds. The standard InChI is InChI=1S/C12H19N3O3/c1-14(7-9-4-2-3-5-9)11(17)8-15-10(16)6-13-12(15)18/h9H,2-8H2,1H3,(H,13,18). The summed E-state index contributed by atoms with van der Waals surface area (Å²) in [4.78, 5) is 37.2. The molecule has 1 aliphatic heterocycles. The fourth-order valence-corrected chi connectivity index (χ4v) is 2.55. The van der Waals surface area contributed by atoms with E-state index < -0.39 is 6.03 Å². The molecule has 2 fully saturated rings. The fraction of sp³-hybridized carbons (Fsp3) is 0.750. The lowest BCUT2D eigenvalue weighted by Crippen LogP contribution is -2.42. The van der Waals surface area contributed by atoms with E-state index in [1.807, 2.05) is 0 Å². The molecule has 0 radical (unpaired) electrons. The fourth-order valence-electron chi connectivity index (χ4n) is 2.55. The van der Waals surface area contributed by atoms with Gasteiger partial charge in [0.15, 0.2) is 0 Å². The van der Waals surface area contributed by atoms with Crippen LogP contribution < -0.4 is 5.32 Å². The predicted octanol–water partition coefficient (Wildman–Crippen LogP) is 0.187. The minimum absolute atomic E-state index is 0.00154. The summed E-state index contributed by atoms with van der Waals surface area (Å²) in [5.74, 6) is 0.0666. The van der Waals surface area contributed by atoms with Gasteiger partial charge in [-0.15, -0.1) is 0 Å². The molecular weight excluding hydrogens is 234 g/mol. The van der Waals surface area contributed by atoms with Crippen molar-refractivity contribution in [2.45, 2.75) is 25.7 Å². The van der Waals surface area contributed by atoms with Crippen molar-refractivity contribution in [1.29, 1.82) is 0 Å². The van der Waals surface area contributed by atoms with E-state index in [9.17, 15) is 14.4 Å². The van der Waals surface area contributed by atoms with Gasteiger partial charge in [0.2, 0.25) is 5.91 Å². The van der Waals surface area contributed by atoms with Crippen LogP contribution in [0.4, 0.5) is 4.79 Å². The maximum Gasteiger partial charge on any atom is 0.325 e. The SMILES string of the molecule is CN(CC1CCCC1)C(=O)CN1C(=O)CNC1=O. The molecule has 0 aromatic rings. The third kappa shape index (κ3) is 2.80. The van der Waals surface area contributed by atoms with E-state index in [0.717, 1.165) is 11.4 Å². The first-order valence-corrected chi connectivity index (χ1v) is 6.40. The Morgan fingerprint density at radius 2 is 2.06 bits per heavy atom. The third-order valence-electron chi connectivity index (χ3n) is 3.66. The summed E-state index contributed by atoms with van der Waals surface area (Å²) in [6.07, 6.45) is 4.81. The van der Waals surface area contributed by atoms with Crippen molar-refractivity contribution in [2.75, 3.05) is 26.7 Å². The first-order chi connectivity index (χ1) is 8.58. The highest BCUT2D eigenvalue weighted by atomic mass is 16.2. The average molecular weight is 253 g/mol. The predicted molar refractivity (Wildman–Crippen MR) is 64.7 cm³/mol. The maximum absolute atomic E-state index is 11.9. The Morgan fingerprint density at radius 1 is 1.39 bits per heavy atom. The quantitative estimate of drug-likeness (QED) is 0.727. The van der Waals surface area contributed by atoms with Crippen molar-refractivity contribution in [3.05, 3.63) is 0 Å². The summed E-state index contributed by atoms with van der Waals surface area (Å²) in [6, 6.07) is -0.470. The summed E-state index contributed by atoms with van der Waals surface area (Å²) in [5.41, 5.74) is 0. The number of hydrogen-bond donors (Lipinski definition) is 1. The molecule has 1 heterocycles. The van der Waals surface area contributed by atoms with Crippen molar-refractivity contribution in [3.8, 4) is 0 Å². The highest BCUT2D eigenvalue weighted by Crippen LogP contribution is 2.25. The first kappa shape index (κ1) is 12.9. The molecule has 1 saturated carbocycles. The van der Waals surface area contributed by atoms with Gasteiger partial charge in [0.05, 0.1) is 6.54 Å². The van der Waals surface area contributed by atoms with Crippen LogP contribution in [0.3, 0.4) is 0 Å². The molecule has 6 nitrogen and oxygen atoms in total. The van der Waals surface area contributed by atoms with Gasteiger partial charge in [-0.2, -0.15) is 0 Å². The van der Waals surface area contributed by atoms with E-state index >= 15 is 0 Å². The van der Waals surface area contributed by atoms with Gasteiger partial charge in [-0.05, 0) is 18.8 Å². The second-order valence-corrected chi connectivity index (χ2v) is 5.06. The zero-order valence-corrected chi connectivity index (χ0v) is 10.6. The third-order valence-corrected chi connectivity index (χ3v) is 3.66. The lowest BCUT2D eigenvalue weighted by atomic mass is 10.1. The van der Waals surface area contributed by atoms with Gasteiger partial charge in [-0.1, -0.05) is 12.8 Å². The number of nitrogens with one attached hydrogen (secondary N) is 1. The number of amides is 4. The molecule has 2 rings (SSSR count). The maximum atomic E-state index is 11.9. The van der Waals surface area contributed by atoms with Crippen molar-refractivity contribution in [3.63, 3.8) is 0 Å². The van der Waals surface area contributed by atoms with Gasteiger partial charge in [-0.25, -0.2) is 4.79 Å². The number of urea groups is 1. The topological polar surface area (TPSA) is 69.7 Å². The van der Waals surface area contributed by atoms with Crippen molar-refractivity contribution < 1.29 is 14.4 Å². The van der Waals surface area contributed by atoms with Gasteiger partial charge < -0.3 is 10.2 Å². The van der Waals surface area contributed by atoms with E-state index in [4.69, 9.17) is 0 Å². The molecule has 100 valence electrons. The normalized spacial score (nSPS) is 20.4. The average Bonchev–Trinajstić information content (AvgIpc) is 2.94. The van der Waals surface area contributed by atoms with Gasteiger partial charge in [-0.3, -0.25) is 14.5 Å². The second kappa shape index (κ2) is 5.37. The Balaban J connectivity index is 1.83. The van der Waals surface area contributed by atoms with E-state index in [2.05, 4.69) is 5.32 Å². The van der Waals surface area contributed by atoms with E-state index in [1.54, 1.807) is 11.9 Å². The van der Waals surface area contributed by atoms with E-state index in [0.29, 0.717) is 5.92 Å². The van der Waals surface area contributed by atoms with Crippen LogP contribution in [0.15, 0.2) is 0 Å². The van der Waals surface area contributed by atoms with Crippen LogP contribution in [-0.4, -0.2) is 54.3 Å². The van der Waals surface area contributed by atoms with Crippen LogP contribution in [0, 0.1) is 5.92 Å². The van der Waals surface area contributed by atoms with Crippen LogP contribution in [0.5, 0.6) is 0 Å². The number of carbonyl (C=O) groups excluding carboxylic acids is 3. The Bertz CT molecular complexity index is 348. The molecule has 2 aliphatic rings. The molecule has 18 heavy (non-hydrogen) atoms. The lowest BCUT2D eigenvalue weighted by Gasteiger charge is -2.23. The largest absolute Gasteiger partial charge is 0.344 e. The smallest absolute Gasteiger partial charge is 0.325 e. The Hall–Kier alpha value is -1.59. The summed E-state index contributed by atoms with van der Waals surface area (Å²) < 4.78 is 0. The highest BCUT2D eigenvalue weighted by molar-refractivity contribution is 6.04. The molecule has 0 atom stereocenters. The van der Waals surface area contributed by atoms with Crippen LogP contribution in [0.25, 0.3) is 0 Å². The first-order valence-electron chi connectivity index (χ1n) is 6.40. The molecule has 0 aromatic heterocycles. The minimum atomic E-state index is -0.470. The summed E-state index contributed by atoms with van der Waals surface area (Å²) >= 11 is 0. The van der Waals surface area contributed by atoms with E-state index in [-0.39, 0.29) is 24.9 Å². The Labute approximate surface area is 106 Å². The molecule has 1 aliphatic carbocycles. The molecular formula is C12H19N3O3. The number of carbonyl (C=O) groups is 3. The van der Waals surface area contributed by atoms with Crippen molar-refractivity contribution in [2.24, 2.45) is 5.92 Å². The number of imide groups is 1. The van der Waals surface area contributed by atoms with Gasteiger partial charge in [0.25, 0.3) is 5.91 Å². The molecule has 0 bridgehead atoms. The van der Waals surface area contributed by atoms with Crippen molar-refractivity contribution >= 4 is 17.8 Å². The van der Waals surface area contributed by atoms with Crippen LogP contribution in [0.2, 0.25) is 0 Å². The number of hydrogen-bond acceptors (Lipinski definition) is 3. The molecule has 0 aromatic carbocycles. The monoisotopic (exact) mass is 253 g/mol. The van der Waals surface area contributed by atoms with Crippen LogP contribution in [0.1, 0.15) is 25.7 Å². The lowest BCUT2D eigenvalue weighted by molar-refractivity contribution is -0.135. The van der Waals surface area contributed by atoms with Gasteiger partial charge in [0, 0.05) is 13.6 Å². The number of nitrogens with zero attached hydrogens (tertiary/aromatic N) is 2. The van der Waals surface area contributed by atoms with E-state index in [1.165, 1.54) is 25.7 Å². The van der Waals surface area contributed by atoms with Crippen LogP contribution in [-0.2, 0) is 9.59 Å². The summed E-state index contributed by atoms with van der Waals surface area (Å²) in [6.45, 7) is 0.578. The molecule has 0 unspecified atom stereocenters. The number of rotatable bonds is 4. The van der Waals surface area contributed by atoms with Crippen LogP contribution >= 0.6 is 0 Å². The zero-order valence-electron chi connectivity index (χ0n) is 10.6. The van der Waals surface area contributed by atoms with Gasteiger partial charge >= 0.3 is 6.03 Å². The molecule has 1 saturated heterocycles. The molecule has 1 N–H and O–H groups in total. The highest BCUT2D eigenvalue weighted by Gasteiger charge is 2.31. The second-order valence-electron chi connectivity index (χ2n) is 5.06. The summed E-state index contributed by atoms with van der Waals surface area (Å²) in [7, 11) is 1.74. The zero-order chi connectivity index (χ0) is 13.1. The molecule has 6 heteroatoms. The summed E-state index contributed by atoms with van der Waals surface area (Å²) in [5, 5.41) is 2.40. The Kier molecular flexibility index (Phi) is 3.84. The number of likely N-dealkylation sites (N-methyl/N-ethyl adjacent to an activating group) is 1. The van der Waals surface area contributed by atoms with Gasteiger partial charge in [0.1, 0.15) is 6.54 Å². The minimum Gasteiger partial charge on any atom is -0.344 e. The van der Waals surface area contributed by atoms with Crippen molar-refractivity contribution in [1.82, 2.24) is 15.1 Å². The Morgan fingerprint density at radius 3 is 2.61 bits per heavy atom.